The van der Waals surface area contributed by atoms with Gasteiger partial charge in [0, 0.05) is 23.1 Å². The second kappa shape index (κ2) is 16.4. The standard InChI is InChI=1S/C30H38N5O11PS2/c1-4-22(19-48(39,40)24-12-8-6-9-13-24)45-47(38,46-23(5-2)20-49(41,42)25-14-10-7-11-15-25)43-18-27-26(33-34-31)16-28(44-27)35-17-21(3)29(36)32-30(35)37/h6-15,17,22-23,26-28H,4-5,16,18-20H2,1-3H3,(H,32,36,37)/t22?,23?,26?,27-,28-,47?/m1/s1. The molecule has 2 aromatic carbocycles. The second-order valence-corrected chi connectivity index (χ2v) is 17.0. The Labute approximate surface area is 283 Å². The predicted molar refractivity (Wildman–Crippen MR) is 178 cm³/mol. The number of benzene rings is 2. The molecule has 0 bridgehead atoms. The zero-order chi connectivity index (χ0) is 35.8. The summed E-state index contributed by atoms with van der Waals surface area (Å²) in [7, 11) is -12.7. The van der Waals surface area contributed by atoms with Crippen LogP contribution in [0.4, 0.5) is 0 Å². The van der Waals surface area contributed by atoms with Gasteiger partial charge in [0.05, 0.1) is 52.3 Å². The van der Waals surface area contributed by atoms with Crippen molar-refractivity contribution in [2.75, 3.05) is 18.1 Å². The van der Waals surface area contributed by atoms with Gasteiger partial charge >= 0.3 is 13.5 Å². The molecule has 1 aromatic heterocycles. The van der Waals surface area contributed by atoms with E-state index in [-0.39, 0.29) is 34.6 Å². The Bertz CT molecular complexity index is 1930. The lowest BCUT2D eigenvalue weighted by Gasteiger charge is -2.28. The molecule has 49 heavy (non-hydrogen) atoms. The third-order valence-corrected chi connectivity index (χ3v) is 12.9. The van der Waals surface area contributed by atoms with E-state index in [0.29, 0.717) is 0 Å². The van der Waals surface area contributed by atoms with Crippen LogP contribution in [-0.2, 0) is 42.5 Å². The normalized spacial score (nSPS) is 20.6. The van der Waals surface area contributed by atoms with E-state index >= 15 is 0 Å². The minimum Gasteiger partial charge on any atom is -0.352 e. The van der Waals surface area contributed by atoms with Gasteiger partial charge in [-0.05, 0) is 49.6 Å². The topological polar surface area (TPSA) is 226 Å². The van der Waals surface area contributed by atoms with E-state index in [4.69, 9.17) is 18.3 Å². The molecular weight excluding hydrogens is 701 g/mol. The van der Waals surface area contributed by atoms with E-state index in [9.17, 15) is 36.5 Å². The summed E-state index contributed by atoms with van der Waals surface area (Å²) in [5, 5.41) is 3.73. The van der Waals surface area contributed by atoms with Crippen molar-refractivity contribution in [1.82, 2.24) is 9.55 Å². The molecule has 2 heterocycles. The molecule has 5 atom stereocenters. The summed E-state index contributed by atoms with van der Waals surface area (Å²) in [4.78, 5) is 29.4. The highest BCUT2D eigenvalue weighted by molar-refractivity contribution is 7.91. The molecule has 1 aliphatic rings. The largest absolute Gasteiger partial charge is 0.475 e. The summed E-state index contributed by atoms with van der Waals surface area (Å²) in [5.74, 6) is -1.19. The van der Waals surface area contributed by atoms with Gasteiger partial charge in [-0.15, -0.1) is 0 Å². The molecular formula is C30H38N5O11PS2. The predicted octanol–water partition coefficient (Wildman–Crippen LogP) is 4.47. The maximum Gasteiger partial charge on any atom is 0.475 e. The zero-order valence-corrected chi connectivity index (χ0v) is 29.6. The third kappa shape index (κ3) is 9.99. The monoisotopic (exact) mass is 739 g/mol. The lowest BCUT2D eigenvalue weighted by molar-refractivity contribution is -0.0344. The Balaban J connectivity index is 1.61. The Morgan fingerprint density at radius 1 is 0.959 bits per heavy atom. The summed E-state index contributed by atoms with van der Waals surface area (Å²) < 4.78 is 91.5. The zero-order valence-electron chi connectivity index (χ0n) is 27.0. The third-order valence-electron chi connectivity index (χ3n) is 7.74. The number of sulfone groups is 2. The molecule has 0 aliphatic carbocycles. The molecule has 1 aliphatic heterocycles. The summed E-state index contributed by atoms with van der Waals surface area (Å²) >= 11 is 0. The molecule has 0 radical (unpaired) electrons. The van der Waals surface area contributed by atoms with Crippen molar-refractivity contribution in [1.29, 1.82) is 0 Å². The van der Waals surface area contributed by atoms with Crippen molar-refractivity contribution in [2.45, 2.75) is 80.4 Å². The highest BCUT2D eigenvalue weighted by Crippen LogP contribution is 2.53. The SMILES string of the molecule is CCC(CS(=O)(=O)c1ccccc1)OP(=O)(OC[C@H]1O[C@@H](n2cc(C)c(=O)[nH]c2=O)CC1N=[N+]=[N-])OC(CC)CS(=O)(=O)c1ccccc1. The number of nitrogens with zero attached hydrogens (tertiary/aromatic N) is 4. The summed E-state index contributed by atoms with van der Waals surface area (Å²) in [6.45, 7) is 4.13. The van der Waals surface area contributed by atoms with Crippen LogP contribution in [0.3, 0.4) is 0 Å². The Morgan fingerprint density at radius 2 is 1.47 bits per heavy atom. The van der Waals surface area contributed by atoms with E-state index in [1.807, 2.05) is 0 Å². The van der Waals surface area contributed by atoms with Gasteiger partial charge in [-0.25, -0.2) is 26.2 Å². The van der Waals surface area contributed by atoms with Crippen molar-refractivity contribution >= 4 is 27.5 Å². The first-order valence-corrected chi connectivity index (χ1v) is 20.2. The van der Waals surface area contributed by atoms with Crippen LogP contribution in [0.5, 0.6) is 0 Å². The van der Waals surface area contributed by atoms with Crippen LogP contribution in [0.1, 0.15) is 44.9 Å². The maximum atomic E-state index is 14.4. The fraction of sp³-hybridized carbons (Fsp3) is 0.467. The molecule has 0 saturated carbocycles. The quantitative estimate of drug-likeness (QED) is 0.0879. The van der Waals surface area contributed by atoms with Crippen molar-refractivity contribution in [3.63, 3.8) is 0 Å². The molecule has 3 unspecified atom stereocenters. The molecule has 0 spiro atoms. The van der Waals surface area contributed by atoms with Crippen molar-refractivity contribution < 1.29 is 39.7 Å². The first-order valence-electron chi connectivity index (χ1n) is 15.4. The van der Waals surface area contributed by atoms with Crippen LogP contribution >= 0.6 is 7.82 Å². The number of aryl methyl sites for hydroxylation is 1. The molecule has 1 fully saturated rings. The van der Waals surface area contributed by atoms with Gasteiger partial charge in [0.25, 0.3) is 5.56 Å². The van der Waals surface area contributed by atoms with E-state index in [0.717, 1.165) is 4.57 Å². The minimum atomic E-state index is -4.79. The number of phosphoric ester groups is 1. The lowest BCUT2D eigenvalue weighted by Crippen LogP contribution is -2.33. The van der Waals surface area contributed by atoms with Crippen LogP contribution in [0.2, 0.25) is 0 Å². The Hall–Kier alpha value is -3.60. The van der Waals surface area contributed by atoms with Crippen molar-refractivity contribution in [3.8, 4) is 0 Å². The fourth-order valence-electron chi connectivity index (χ4n) is 5.02. The summed E-state index contributed by atoms with van der Waals surface area (Å²) in [6, 6.07) is 14.3. The smallest absolute Gasteiger partial charge is 0.352 e. The average molecular weight is 740 g/mol. The molecule has 19 heteroatoms. The number of H-pyrrole nitrogens is 1. The first kappa shape index (κ1) is 38.2. The van der Waals surface area contributed by atoms with Crippen LogP contribution in [-0.4, -0.2) is 68.9 Å². The van der Waals surface area contributed by atoms with Gasteiger partial charge in [0.1, 0.15) is 6.23 Å². The lowest BCUT2D eigenvalue weighted by atomic mass is 10.1. The number of aromatic nitrogens is 2. The molecule has 3 aromatic rings. The Kier molecular flexibility index (Phi) is 12.8. The minimum absolute atomic E-state index is 0.0180. The van der Waals surface area contributed by atoms with Crippen LogP contribution in [0.25, 0.3) is 10.4 Å². The van der Waals surface area contributed by atoms with Gasteiger partial charge in [0.15, 0.2) is 19.7 Å². The molecule has 4 rings (SSSR count). The van der Waals surface area contributed by atoms with E-state index in [1.54, 1.807) is 50.2 Å². The Morgan fingerprint density at radius 3 is 1.94 bits per heavy atom. The summed E-state index contributed by atoms with van der Waals surface area (Å²) in [6.07, 6.45) is -3.17. The van der Waals surface area contributed by atoms with E-state index in [2.05, 4.69) is 15.0 Å². The molecule has 1 saturated heterocycles. The maximum absolute atomic E-state index is 14.4. The molecule has 1 N–H and O–H groups in total. The first-order chi connectivity index (χ1) is 23.2. The fourth-order valence-corrected chi connectivity index (χ4v) is 10.0. The number of aromatic amines is 1. The average Bonchev–Trinajstić information content (AvgIpc) is 3.48. The number of hydrogen-bond donors (Lipinski definition) is 1. The highest BCUT2D eigenvalue weighted by atomic mass is 32.2. The van der Waals surface area contributed by atoms with Gasteiger partial charge < -0.3 is 4.74 Å². The number of phosphoric acid groups is 1. The van der Waals surface area contributed by atoms with Gasteiger partial charge in [0.2, 0.25) is 0 Å². The van der Waals surface area contributed by atoms with E-state index < -0.39 is 87.4 Å². The number of hydrogen-bond acceptors (Lipinski definition) is 12. The summed E-state index contributed by atoms with van der Waals surface area (Å²) in [5.41, 5.74) is 8.07. The van der Waals surface area contributed by atoms with E-state index in [1.165, 1.54) is 37.4 Å². The van der Waals surface area contributed by atoms with Gasteiger partial charge in [-0.3, -0.25) is 27.9 Å². The highest BCUT2D eigenvalue weighted by Gasteiger charge is 2.42. The molecule has 266 valence electrons. The molecule has 16 nitrogen and oxygen atoms in total. The van der Waals surface area contributed by atoms with Crippen molar-refractivity contribution in [3.05, 3.63) is 104 Å². The van der Waals surface area contributed by atoms with Crippen molar-refractivity contribution in [2.24, 2.45) is 5.11 Å². The van der Waals surface area contributed by atoms with Crippen LogP contribution in [0, 0.1) is 6.92 Å². The number of ether oxygens (including phenoxy) is 1. The van der Waals surface area contributed by atoms with Crippen LogP contribution in [0.15, 0.2) is 91.4 Å². The molecule has 0 amide bonds. The number of nitrogens with one attached hydrogen (secondary N) is 1. The second-order valence-electron chi connectivity index (χ2n) is 11.3. The van der Waals surface area contributed by atoms with Gasteiger partial charge in [-0.1, -0.05) is 55.4 Å². The number of azide groups is 1. The van der Waals surface area contributed by atoms with Gasteiger partial charge in [-0.2, -0.15) is 0 Å². The number of rotatable bonds is 17. The van der Waals surface area contributed by atoms with Crippen LogP contribution < -0.4 is 11.2 Å².